The van der Waals surface area contributed by atoms with Gasteiger partial charge in [-0.05, 0) is 56.0 Å². The highest BCUT2D eigenvalue weighted by atomic mass is 16.5. The highest BCUT2D eigenvalue weighted by molar-refractivity contribution is 6.10. The number of dihydropyridines is 1. The molecule has 1 heterocycles. The average molecular weight is 433 g/mol. The maximum Gasteiger partial charge on any atom is 0.254 e. The van der Waals surface area contributed by atoms with Crippen molar-refractivity contribution < 1.29 is 19.1 Å². The van der Waals surface area contributed by atoms with E-state index in [4.69, 9.17) is 9.47 Å². The summed E-state index contributed by atoms with van der Waals surface area (Å²) in [5.74, 6) is 0.523. The van der Waals surface area contributed by atoms with Gasteiger partial charge in [0.2, 0.25) is 0 Å². The number of hydrogen-bond donors (Lipinski definition) is 2. The summed E-state index contributed by atoms with van der Waals surface area (Å²) in [5, 5.41) is 6.40. The Kier molecular flexibility index (Phi) is 6.04. The van der Waals surface area contributed by atoms with Crippen molar-refractivity contribution >= 4 is 17.4 Å². The number of para-hydroxylation sites is 1. The minimum Gasteiger partial charge on any atom is -0.493 e. The number of carbonyl (C=O) groups is 2. The zero-order valence-electron chi connectivity index (χ0n) is 18.9. The van der Waals surface area contributed by atoms with Crippen LogP contribution < -0.4 is 20.1 Å². The van der Waals surface area contributed by atoms with Gasteiger partial charge in [-0.2, -0.15) is 0 Å². The molecule has 1 amide bonds. The quantitative estimate of drug-likeness (QED) is 0.721. The minimum atomic E-state index is -0.483. The molecule has 2 aromatic rings. The van der Waals surface area contributed by atoms with E-state index in [9.17, 15) is 9.59 Å². The number of anilines is 1. The molecule has 1 atom stereocenters. The molecular weight excluding hydrogens is 404 g/mol. The van der Waals surface area contributed by atoms with Gasteiger partial charge in [0.15, 0.2) is 17.3 Å². The zero-order chi connectivity index (χ0) is 22.8. The molecule has 6 heteroatoms. The van der Waals surface area contributed by atoms with Crippen molar-refractivity contribution in [1.29, 1.82) is 0 Å². The summed E-state index contributed by atoms with van der Waals surface area (Å²) in [6, 6.07) is 13.2. The van der Waals surface area contributed by atoms with E-state index < -0.39 is 5.92 Å². The number of ketones is 1. The van der Waals surface area contributed by atoms with Crippen LogP contribution >= 0.6 is 0 Å². The van der Waals surface area contributed by atoms with Gasteiger partial charge in [0.05, 0.1) is 14.2 Å². The van der Waals surface area contributed by atoms with Gasteiger partial charge in [0, 0.05) is 40.6 Å². The predicted molar refractivity (Wildman–Crippen MR) is 124 cm³/mol. The molecular formula is C26H28N2O4. The number of amides is 1. The number of carbonyl (C=O) groups excluding carboxylic acids is 2. The van der Waals surface area contributed by atoms with E-state index in [1.54, 1.807) is 14.2 Å². The van der Waals surface area contributed by atoms with E-state index in [1.165, 1.54) is 0 Å². The van der Waals surface area contributed by atoms with Crippen LogP contribution in [0, 0.1) is 6.92 Å². The summed E-state index contributed by atoms with van der Waals surface area (Å²) in [7, 11) is 3.16. The Morgan fingerprint density at radius 3 is 2.50 bits per heavy atom. The molecule has 0 bridgehead atoms. The lowest BCUT2D eigenvalue weighted by Crippen LogP contribution is -2.35. The Labute approximate surface area is 188 Å². The molecule has 4 rings (SSSR count). The number of methoxy groups -OCH3 is 2. The normalized spacial score (nSPS) is 18.1. The topological polar surface area (TPSA) is 76.7 Å². The monoisotopic (exact) mass is 432 g/mol. The van der Waals surface area contributed by atoms with E-state index in [1.807, 2.05) is 56.3 Å². The van der Waals surface area contributed by atoms with Gasteiger partial charge in [-0.3, -0.25) is 9.59 Å². The zero-order valence-corrected chi connectivity index (χ0v) is 18.9. The first-order valence-electron chi connectivity index (χ1n) is 10.8. The summed E-state index contributed by atoms with van der Waals surface area (Å²) < 4.78 is 10.9. The fourth-order valence-electron chi connectivity index (χ4n) is 4.55. The molecule has 0 aromatic heterocycles. The lowest BCUT2D eigenvalue weighted by atomic mass is 9.75. The van der Waals surface area contributed by atoms with Crippen molar-refractivity contribution in [3.8, 4) is 11.5 Å². The van der Waals surface area contributed by atoms with E-state index in [2.05, 4.69) is 10.6 Å². The van der Waals surface area contributed by atoms with Gasteiger partial charge in [-0.1, -0.05) is 24.3 Å². The maximum absolute atomic E-state index is 13.6. The Morgan fingerprint density at radius 1 is 1.03 bits per heavy atom. The van der Waals surface area contributed by atoms with Crippen LogP contribution in [0.1, 0.15) is 43.2 Å². The Hall–Kier alpha value is -3.54. The van der Waals surface area contributed by atoms with Crippen LogP contribution in [-0.4, -0.2) is 25.9 Å². The first kappa shape index (κ1) is 21.7. The highest BCUT2D eigenvalue weighted by Crippen LogP contribution is 2.44. The number of nitrogens with one attached hydrogen (secondary N) is 2. The number of Topliss-reactive ketones (excluding diaryl/α,β-unsaturated/α-hetero) is 1. The molecule has 1 aliphatic carbocycles. The van der Waals surface area contributed by atoms with Crippen molar-refractivity contribution in [1.82, 2.24) is 5.32 Å². The first-order chi connectivity index (χ1) is 15.4. The highest BCUT2D eigenvalue weighted by Gasteiger charge is 2.38. The Morgan fingerprint density at radius 2 is 1.78 bits per heavy atom. The lowest BCUT2D eigenvalue weighted by molar-refractivity contribution is -0.116. The van der Waals surface area contributed by atoms with Crippen molar-refractivity contribution in [2.45, 2.75) is 39.0 Å². The molecule has 2 aromatic carbocycles. The third-order valence-corrected chi connectivity index (χ3v) is 6.15. The summed E-state index contributed by atoms with van der Waals surface area (Å²) in [5.41, 5.74) is 5.41. The van der Waals surface area contributed by atoms with Crippen LogP contribution in [0.15, 0.2) is 65.0 Å². The summed E-state index contributed by atoms with van der Waals surface area (Å²) >= 11 is 0. The van der Waals surface area contributed by atoms with E-state index >= 15 is 0 Å². The second kappa shape index (κ2) is 8.91. The average Bonchev–Trinajstić information content (AvgIpc) is 2.79. The van der Waals surface area contributed by atoms with Gasteiger partial charge in [-0.25, -0.2) is 0 Å². The minimum absolute atomic E-state index is 0.0761. The summed E-state index contributed by atoms with van der Waals surface area (Å²) in [6.07, 6.45) is 2.08. The summed E-state index contributed by atoms with van der Waals surface area (Å²) in [4.78, 5) is 26.6. The third kappa shape index (κ3) is 3.88. The number of allylic oxidation sites excluding steroid dienone is 3. The van der Waals surface area contributed by atoms with Gasteiger partial charge < -0.3 is 20.1 Å². The standard InChI is InChI=1S/C26H28N2O4/c1-15-8-5-6-9-18(15)28-26(30)23-16(2)27-19-10-7-11-20(29)25(19)24(23)17-12-13-21(31-3)22(14-17)32-4/h5-6,8-9,12-14,24,27H,7,10-11H2,1-4H3,(H,28,30)/t24-/m0/s1. The molecule has 0 fully saturated rings. The molecule has 0 spiro atoms. The molecule has 32 heavy (non-hydrogen) atoms. The van der Waals surface area contributed by atoms with Crippen molar-refractivity contribution in [2.75, 3.05) is 19.5 Å². The third-order valence-electron chi connectivity index (χ3n) is 6.15. The molecule has 166 valence electrons. The van der Waals surface area contributed by atoms with Gasteiger partial charge in [0.25, 0.3) is 5.91 Å². The fourth-order valence-corrected chi connectivity index (χ4v) is 4.55. The number of rotatable bonds is 5. The molecule has 2 aliphatic rings. The van der Waals surface area contributed by atoms with Crippen LogP contribution in [0.4, 0.5) is 5.69 Å². The van der Waals surface area contributed by atoms with Crippen molar-refractivity contribution in [3.05, 3.63) is 76.1 Å². The van der Waals surface area contributed by atoms with E-state index in [0.29, 0.717) is 29.1 Å². The predicted octanol–water partition coefficient (Wildman–Crippen LogP) is 4.62. The molecule has 0 saturated heterocycles. The van der Waals surface area contributed by atoms with E-state index in [-0.39, 0.29) is 11.7 Å². The van der Waals surface area contributed by atoms with E-state index in [0.717, 1.165) is 41.1 Å². The number of aryl methyl sites for hydroxylation is 1. The molecule has 1 aliphatic heterocycles. The maximum atomic E-state index is 13.6. The number of ether oxygens (including phenoxy) is 2. The number of hydrogen-bond acceptors (Lipinski definition) is 5. The number of benzene rings is 2. The van der Waals surface area contributed by atoms with Crippen LogP contribution in [0.25, 0.3) is 0 Å². The van der Waals surface area contributed by atoms with Gasteiger partial charge >= 0.3 is 0 Å². The van der Waals surface area contributed by atoms with Crippen LogP contribution in [0.3, 0.4) is 0 Å². The molecule has 0 unspecified atom stereocenters. The largest absolute Gasteiger partial charge is 0.493 e. The second-order valence-corrected chi connectivity index (χ2v) is 8.15. The fraction of sp³-hybridized carbons (Fsp3) is 0.308. The second-order valence-electron chi connectivity index (χ2n) is 8.15. The summed E-state index contributed by atoms with van der Waals surface area (Å²) in [6.45, 7) is 3.84. The van der Waals surface area contributed by atoms with Crippen molar-refractivity contribution in [3.63, 3.8) is 0 Å². The molecule has 0 radical (unpaired) electrons. The molecule has 6 nitrogen and oxygen atoms in total. The van der Waals surface area contributed by atoms with Crippen LogP contribution in [0.2, 0.25) is 0 Å². The van der Waals surface area contributed by atoms with Crippen molar-refractivity contribution in [2.24, 2.45) is 0 Å². The SMILES string of the molecule is COc1ccc([C@H]2C(C(=O)Nc3ccccc3C)=C(C)NC3=C2C(=O)CCC3)cc1OC. The van der Waals surface area contributed by atoms with Gasteiger partial charge in [-0.15, -0.1) is 0 Å². The van der Waals surface area contributed by atoms with Crippen LogP contribution in [0.5, 0.6) is 11.5 Å². The van der Waals surface area contributed by atoms with Crippen LogP contribution in [-0.2, 0) is 9.59 Å². The Bertz CT molecular complexity index is 1150. The smallest absolute Gasteiger partial charge is 0.254 e. The molecule has 2 N–H and O–H groups in total. The Balaban J connectivity index is 1.83. The van der Waals surface area contributed by atoms with Gasteiger partial charge in [0.1, 0.15) is 0 Å². The first-order valence-corrected chi connectivity index (χ1v) is 10.8. The lowest BCUT2D eigenvalue weighted by Gasteiger charge is -2.34. The molecule has 0 saturated carbocycles.